The fourth-order valence-corrected chi connectivity index (χ4v) is 3.68. The van der Waals surface area contributed by atoms with Crippen LogP contribution in [0.15, 0.2) is 48.8 Å². The van der Waals surface area contributed by atoms with Crippen molar-refractivity contribution < 1.29 is 18.7 Å². The van der Waals surface area contributed by atoms with Crippen molar-refractivity contribution in [1.29, 1.82) is 0 Å². The van der Waals surface area contributed by atoms with Crippen molar-refractivity contribution in [2.75, 3.05) is 12.4 Å². The summed E-state index contributed by atoms with van der Waals surface area (Å²) in [4.78, 5) is 21.1. The molecule has 0 spiro atoms. The molecule has 0 saturated carbocycles. The summed E-state index contributed by atoms with van der Waals surface area (Å²) in [5.74, 6) is -0.772. The van der Waals surface area contributed by atoms with Gasteiger partial charge in [0, 0.05) is 23.5 Å². The maximum atomic E-state index is 15.1. The van der Waals surface area contributed by atoms with Crippen molar-refractivity contribution in [3.05, 3.63) is 76.6 Å². The molecule has 4 rings (SSSR count). The molecule has 0 aliphatic rings. The maximum absolute atomic E-state index is 15.1. The van der Waals surface area contributed by atoms with Gasteiger partial charge in [0.05, 0.1) is 29.1 Å². The zero-order chi connectivity index (χ0) is 23.4. The number of aryl methyl sites for hydroxylation is 1. The van der Waals surface area contributed by atoms with E-state index in [1.165, 1.54) is 26.4 Å². The molecule has 1 aromatic carbocycles. The Morgan fingerprint density at radius 2 is 1.97 bits per heavy atom. The first-order valence-corrected chi connectivity index (χ1v) is 10.8. The highest BCUT2D eigenvalue weighted by Gasteiger charge is 2.23. The Bertz CT molecular complexity index is 1300. The molecule has 3 aromatic heterocycles. The van der Waals surface area contributed by atoms with Crippen LogP contribution in [-0.4, -0.2) is 33.2 Å². The second kappa shape index (κ2) is 9.88. The minimum absolute atomic E-state index is 0.0330. The Balaban J connectivity index is 1.55. The standard InChI is InChI=1S/C22H17ClFN5O3S/c1-12-19(24)18(15-5-3-4-6-17(15)31-2)16(10-25-12)20(30)27-21-28-29-22(33-21)32-11-14-8-7-13(23)9-26-14/h3-10H,11H2,1-2H3,(H,27,28,30). The topological polar surface area (TPSA) is 99.1 Å². The number of carbonyl (C=O) groups is 1. The quantitative estimate of drug-likeness (QED) is 0.396. The number of methoxy groups -OCH3 is 1. The molecule has 0 unspecified atom stereocenters. The van der Waals surface area contributed by atoms with Crippen molar-refractivity contribution in [3.63, 3.8) is 0 Å². The number of rotatable bonds is 7. The van der Waals surface area contributed by atoms with Gasteiger partial charge in [-0.25, -0.2) is 4.39 Å². The number of aromatic nitrogens is 4. The van der Waals surface area contributed by atoms with Gasteiger partial charge in [-0.05, 0) is 36.5 Å². The number of anilines is 1. The molecule has 0 bridgehead atoms. The van der Waals surface area contributed by atoms with Gasteiger partial charge in [0.2, 0.25) is 5.13 Å². The number of halogens is 2. The second-order valence-corrected chi connectivity index (χ2v) is 8.11. The van der Waals surface area contributed by atoms with Crippen LogP contribution in [0.1, 0.15) is 21.7 Å². The number of amides is 1. The van der Waals surface area contributed by atoms with E-state index in [1.54, 1.807) is 36.4 Å². The Hall–Kier alpha value is -3.63. The normalized spacial score (nSPS) is 10.7. The van der Waals surface area contributed by atoms with Crippen LogP contribution in [0.25, 0.3) is 11.1 Å². The molecular formula is C22H17ClFN5O3S. The van der Waals surface area contributed by atoms with E-state index >= 15 is 4.39 Å². The summed E-state index contributed by atoms with van der Waals surface area (Å²) in [6.07, 6.45) is 2.83. The molecule has 3 heterocycles. The molecule has 0 fully saturated rings. The zero-order valence-corrected chi connectivity index (χ0v) is 19.1. The number of hydrogen-bond acceptors (Lipinski definition) is 8. The van der Waals surface area contributed by atoms with Crippen molar-refractivity contribution in [1.82, 2.24) is 20.2 Å². The highest BCUT2D eigenvalue weighted by Crippen LogP contribution is 2.35. The first-order chi connectivity index (χ1) is 16.0. The smallest absolute Gasteiger partial charge is 0.296 e. The highest BCUT2D eigenvalue weighted by atomic mass is 35.5. The average molecular weight is 486 g/mol. The highest BCUT2D eigenvalue weighted by molar-refractivity contribution is 7.17. The van der Waals surface area contributed by atoms with Crippen molar-refractivity contribution in [2.45, 2.75) is 13.5 Å². The molecule has 11 heteroatoms. The number of pyridine rings is 2. The second-order valence-electron chi connectivity index (χ2n) is 6.73. The lowest BCUT2D eigenvalue weighted by Crippen LogP contribution is -2.15. The van der Waals surface area contributed by atoms with Gasteiger partial charge in [-0.1, -0.05) is 34.9 Å². The van der Waals surface area contributed by atoms with Gasteiger partial charge < -0.3 is 9.47 Å². The minimum atomic E-state index is -0.607. The third-order valence-electron chi connectivity index (χ3n) is 4.57. The number of nitrogens with one attached hydrogen (secondary N) is 1. The molecule has 4 aromatic rings. The summed E-state index contributed by atoms with van der Waals surface area (Å²) < 4.78 is 26.0. The SMILES string of the molecule is COc1ccccc1-c1c(C(=O)Nc2nnc(OCc3ccc(Cl)cn3)s2)cnc(C)c1F. The molecule has 8 nitrogen and oxygen atoms in total. The van der Waals surface area contributed by atoms with Crippen LogP contribution in [0.3, 0.4) is 0 Å². The fraction of sp³-hybridized carbons (Fsp3) is 0.136. The summed E-state index contributed by atoms with van der Waals surface area (Å²) >= 11 is 6.84. The van der Waals surface area contributed by atoms with Crippen LogP contribution in [0.5, 0.6) is 10.9 Å². The van der Waals surface area contributed by atoms with Gasteiger partial charge >= 0.3 is 0 Å². The van der Waals surface area contributed by atoms with E-state index in [0.29, 0.717) is 22.0 Å². The Labute approximate surface area is 197 Å². The monoisotopic (exact) mass is 485 g/mol. The van der Waals surface area contributed by atoms with Crippen LogP contribution >= 0.6 is 22.9 Å². The molecule has 33 heavy (non-hydrogen) atoms. The molecule has 0 aliphatic carbocycles. The van der Waals surface area contributed by atoms with E-state index in [-0.39, 0.29) is 33.8 Å². The summed E-state index contributed by atoms with van der Waals surface area (Å²) in [5, 5.41) is 11.4. The van der Waals surface area contributed by atoms with Crippen LogP contribution < -0.4 is 14.8 Å². The van der Waals surface area contributed by atoms with Crippen LogP contribution in [-0.2, 0) is 6.61 Å². The van der Waals surface area contributed by atoms with Crippen LogP contribution in [0.4, 0.5) is 9.52 Å². The minimum Gasteiger partial charge on any atom is -0.496 e. The Morgan fingerprint density at radius 1 is 1.15 bits per heavy atom. The van der Waals surface area contributed by atoms with E-state index in [4.69, 9.17) is 21.1 Å². The third kappa shape index (κ3) is 5.07. The van der Waals surface area contributed by atoms with Gasteiger partial charge in [-0.15, -0.1) is 5.10 Å². The lowest BCUT2D eigenvalue weighted by atomic mass is 9.98. The molecular weight excluding hydrogens is 469 g/mol. The van der Waals surface area contributed by atoms with E-state index in [9.17, 15) is 4.79 Å². The predicted molar refractivity (Wildman–Crippen MR) is 122 cm³/mol. The number of benzene rings is 1. The van der Waals surface area contributed by atoms with E-state index in [2.05, 4.69) is 25.5 Å². The third-order valence-corrected chi connectivity index (χ3v) is 5.55. The number of carbonyl (C=O) groups excluding carboxylic acids is 1. The molecule has 1 amide bonds. The number of nitrogens with zero attached hydrogens (tertiary/aromatic N) is 4. The van der Waals surface area contributed by atoms with E-state index in [1.807, 2.05) is 0 Å². The molecule has 0 aliphatic heterocycles. The van der Waals surface area contributed by atoms with Gasteiger partial charge in [-0.2, -0.15) is 0 Å². The van der Waals surface area contributed by atoms with Crippen molar-refractivity contribution in [3.8, 4) is 22.1 Å². The van der Waals surface area contributed by atoms with Gasteiger partial charge in [0.25, 0.3) is 11.1 Å². The summed E-state index contributed by atoms with van der Waals surface area (Å²) in [5.41, 5.74) is 1.38. The fourth-order valence-electron chi connectivity index (χ4n) is 2.98. The largest absolute Gasteiger partial charge is 0.496 e. The van der Waals surface area contributed by atoms with Crippen molar-refractivity contribution >= 4 is 34.0 Å². The first-order valence-electron chi connectivity index (χ1n) is 9.63. The predicted octanol–water partition coefficient (Wildman–Crippen LogP) is 4.94. The maximum Gasteiger partial charge on any atom is 0.296 e. The Kier molecular flexibility index (Phi) is 6.76. The lowest BCUT2D eigenvalue weighted by molar-refractivity contribution is 0.102. The average Bonchev–Trinajstić information content (AvgIpc) is 3.27. The molecule has 168 valence electrons. The van der Waals surface area contributed by atoms with Gasteiger partial charge in [0.15, 0.2) is 5.82 Å². The van der Waals surface area contributed by atoms with Gasteiger partial charge in [-0.3, -0.25) is 20.1 Å². The number of ether oxygens (including phenoxy) is 2. The molecule has 1 N–H and O–H groups in total. The summed E-state index contributed by atoms with van der Waals surface area (Å²) in [6.45, 7) is 1.69. The van der Waals surface area contributed by atoms with Crippen LogP contribution in [0, 0.1) is 12.7 Å². The number of para-hydroxylation sites is 1. The van der Waals surface area contributed by atoms with E-state index < -0.39 is 11.7 Å². The zero-order valence-electron chi connectivity index (χ0n) is 17.5. The van der Waals surface area contributed by atoms with Crippen LogP contribution in [0.2, 0.25) is 5.02 Å². The number of hydrogen-bond donors (Lipinski definition) is 1. The molecule has 0 saturated heterocycles. The van der Waals surface area contributed by atoms with Gasteiger partial charge in [0.1, 0.15) is 12.4 Å². The molecule has 0 atom stereocenters. The lowest BCUT2D eigenvalue weighted by Gasteiger charge is -2.14. The van der Waals surface area contributed by atoms with Crippen molar-refractivity contribution in [2.24, 2.45) is 0 Å². The Morgan fingerprint density at radius 3 is 2.73 bits per heavy atom. The first kappa shape index (κ1) is 22.6. The molecule has 0 radical (unpaired) electrons. The van der Waals surface area contributed by atoms with E-state index in [0.717, 1.165) is 11.3 Å². The summed E-state index contributed by atoms with van der Waals surface area (Å²) in [7, 11) is 1.48. The summed E-state index contributed by atoms with van der Waals surface area (Å²) in [6, 6.07) is 10.3.